The van der Waals surface area contributed by atoms with Gasteiger partial charge in [-0.2, -0.15) is 0 Å². The minimum Gasteiger partial charge on any atom is -0.499 e. The molecule has 62 valence electrons. The van der Waals surface area contributed by atoms with Gasteiger partial charge < -0.3 is 9.31 Å². The van der Waals surface area contributed by atoms with E-state index in [0.717, 1.165) is 0 Å². The van der Waals surface area contributed by atoms with E-state index in [2.05, 4.69) is 18.5 Å². The summed E-state index contributed by atoms with van der Waals surface area (Å²) in [6.07, 6.45) is 0. The third-order valence-corrected chi connectivity index (χ3v) is 1.17. The molecule has 11 heavy (non-hydrogen) atoms. The molecular weight excluding hydrogens is 166 g/mol. The van der Waals surface area contributed by atoms with Gasteiger partial charge >= 0.3 is 7.12 Å². The minimum absolute atomic E-state index is 0.388. The third-order valence-electron chi connectivity index (χ3n) is 0.787. The van der Waals surface area contributed by atoms with Gasteiger partial charge in [0.15, 0.2) is 0 Å². The molecule has 0 bridgehead atoms. The molecule has 0 aromatic heterocycles. The Labute approximate surface area is 68.0 Å². The second kappa shape index (κ2) is 5.13. The summed E-state index contributed by atoms with van der Waals surface area (Å²) in [5, 5.41) is 0. The van der Waals surface area contributed by atoms with Gasteiger partial charge in [-0.3, -0.25) is 9.59 Å². The van der Waals surface area contributed by atoms with Gasteiger partial charge in [0.1, 0.15) is 0 Å². The van der Waals surface area contributed by atoms with Crippen LogP contribution in [0.5, 0.6) is 0 Å². The predicted octanol–water partition coefficient (Wildman–Crippen LogP) is 0.0151. The maximum atomic E-state index is 10.4. The van der Waals surface area contributed by atoms with Crippen LogP contribution in [-0.2, 0) is 18.9 Å². The maximum absolute atomic E-state index is 10.4. The van der Waals surface area contributed by atoms with E-state index in [-0.39, 0.29) is 0 Å². The summed E-state index contributed by atoms with van der Waals surface area (Å²) in [6.45, 7) is 2.52. The van der Waals surface area contributed by atoms with E-state index in [1.54, 1.807) is 0 Å². The largest absolute Gasteiger partial charge is 0.602 e. The van der Waals surface area contributed by atoms with Crippen LogP contribution < -0.4 is 0 Å². The molecule has 0 saturated heterocycles. The van der Waals surface area contributed by atoms with Crippen molar-refractivity contribution < 1.29 is 18.9 Å². The standard InChI is InChI=1S/C5H10BO4P/c1-4(7)9-6(3-11)10-5(2)8/h3,11H2,1-2H3. The second-order valence-electron chi connectivity index (χ2n) is 1.88. The highest BCUT2D eigenvalue weighted by Crippen LogP contribution is 1.95. The molecule has 1 atom stereocenters. The van der Waals surface area contributed by atoms with Gasteiger partial charge in [0.05, 0.1) is 0 Å². The Balaban J connectivity index is 3.76. The van der Waals surface area contributed by atoms with Crippen LogP contribution in [0.25, 0.3) is 0 Å². The fraction of sp³-hybridized carbons (Fsp3) is 0.600. The third kappa shape index (κ3) is 5.86. The van der Waals surface area contributed by atoms with Gasteiger partial charge in [-0.05, 0) is 0 Å². The summed E-state index contributed by atoms with van der Waals surface area (Å²) in [4.78, 5) is 20.7. The van der Waals surface area contributed by atoms with Crippen LogP contribution in [0, 0.1) is 0 Å². The van der Waals surface area contributed by atoms with Crippen LogP contribution in [0.4, 0.5) is 0 Å². The van der Waals surface area contributed by atoms with E-state index in [4.69, 9.17) is 0 Å². The summed E-state index contributed by atoms with van der Waals surface area (Å²) in [6, 6.07) is 0.388. The van der Waals surface area contributed by atoms with Crippen LogP contribution in [0.15, 0.2) is 0 Å². The zero-order chi connectivity index (χ0) is 8.85. The molecule has 0 saturated carbocycles. The molecule has 0 amide bonds. The van der Waals surface area contributed by atoms with Crippen molar-refractivity contribution in [1.82, 2.24) is 0 Å². The molecule has 0 aliphatic carbocycles. The van der Waals surface area contributed by atoms with E-state index in [1.807, 2.05) is 0 Å². The molecule has 0 aliphatic rings. The molecule has 0 aliphatic heterocycles. The van der Waals surface area contributed by atoms with Gasteiger partial charge in [-0.1, -0.05) is 0 Å². The van der Waals surface area contributed by atoms with E-state index >= 15 is 0 Å². The number of hydrogen-bond donors (Lipinski definition) is 0. The molecular formula is C5H10BO4P. The average Bonchev–Trinajstić information content (AvgIpc) is 1.84. The van der Waals surface area contributed by atoms with E-state index in [1.165, 1.54) is 13.8 Å². The highest BCUT2D eigenvalue weighted by atomic mass is 31.0. The van der Waals surface area contributed by atoms with Gasteiger partial charge in [-0.25, -0.2) is 0 Å². The van der Waals surface area contributed by atoms with Crippen molar-refractivity contribution in [3.8, 4) is 0 Å². The normalized spacial score (nSPS) is 8.64. The zero-order valence-electron chi connectivity index (χ0n) is 6.49. The highest BCUT2D eigenvalue weighted by Gasteiger charge is 2.22. The van der Waals surface area contributed by atoms with E-state index in [9.17, 15) is 9.59 Å². The molecule has 0 fully saturated rings. The summed E-state index contributed by atoms with van der Waals surface area (Å²) < 4.78 is 9.22. The molecule has 4 nitrogen and oxygen atoms in total. The first-order chi connectivity index (χ1) is 5.06. The molecule has 0 heterocycles. The first-order valence-corrected chi connectivity index (χ1v) is 3.92. The Morgan fingerprint density at radius 2 is 1.64 bits per heavy atom. The number of rotatable bonds is 3. The highest BCUT2D eigenvalue weighted by molar-refractivity contribution is 7.20. The molecule has 6 heteroatoms. The van der Waals surface area contributed by atoms with E-state index < -0.39 is 19.1 Å². The molecule has 0 aromatic rings. The number of hydrogen-bond acceptors (Lipinski definition) is 4. The maximum Gasteiger partial charge on any atom is 0.602 e. The van der Waals surface area contributed by atoms with Gasteiger partial charge in [-0.15, -0.1) is 9.24 Å². The van der Waals surface area contributed by atoms with Crippen LogP contribution in [0.2, 0.25) is 0 Å². The lowest BCUT2D eigenvalue weighted by Gasteiger charge is -2.08. The average molecular weight is 176 g/mol. The lowest BCUT2D eigenvalue weighted by atomic mass is 9.95. The van der Waals surface area contributed by atoms with Crippen LogP contribution in [0.3, 0.4) is 0 Å². The van der Waals surface area contributed by atoms with Crippen molar-refractivity contribution >= 4 is 28.3 Å². The summed E-state index contributed by atoms with van der Waals surface area (Å²) in [7, 11) is 1.55. The lowest BCUT2D eigenvalue weighted by Crippen LogP contribution is -2.29. The quantitative estimate of drug-likeness (QED) is 0.449. The second-order valence-corrected chi connectivity index (χ2v) is 2.36. The topological polar surface area (TPSA) is 52.6 Å². The van der Waals surface area contributed by atoms with Crippen LogP contribution in [0.1, 0.15) is 13.8 Å². The van der Waals surface area contributed by atoms with Gasteiger partial charge in [0.25, 0.3) is 11.9 Å². The van der Waals surface area contributed by atoms with Crippen molar-refractivity contribution in [2.24, 2.45) is 0 Å². The smallest absolute Gasteiger partial charge is 0.499 e. The molecule has 0 rings (SSSR count). The fourth-order valence-electron chi connectivity index (χ4n) is 0.490. The Morgan fingerprint density at radius 1 is 1.27 bits per heavy atom. The van der Waals surface area contributed by atoms with Crippen LogP contribution in [-0.4, -0.2) is 25.1 Å². The summed E-state index contributed by atoms with van der Waals surface area (Å²) >= 11 is 0. The van der Waals surface area contributed by atoms with Crippen molar-refractivity contribution in [1.29, 1.82) is 0 Å². The predicted molar refractivity (Wildman–Crippen MR) is 43.9 cm³/mol. The van der Waals surface area contributed by atoms with Crippen molar-refractivity contribution in [3.05, 3.63) is 0 Å². The Bertz CT molecular complexity index is 145. The van der Waals surface area contributed by atoms with E-state index in [0.29, 0.717) is 6.06 Å². The monoisotopic (exact) mass is 176 g/mol. The fourth-order valence-corrected chi connectivity index (χ4v) is 0.683. The Hall–Kier alpha value is -0.565. The van der Waals surface area contributed by atoms with Crippen molar-refractivity contribution in [2.75, 3.05) is 6.06 Å². The molecule has 1 unspecified atom stereocenters. The minimum atomic E-state index is -0.769. The first-order valence-electron chi connectivity index (χ1n) is 3.10. The Morgan fingerprint density at radius 3 is 1.82 bits per heavy atom. The first kappa shape index (κ1) is 10.4. The molecule has 0 N–H and O–H groups in total. The summed E-state index contributed by atoms with van der Waals surface area (Å²) in [5.41, 5.74) is 0. The molecule has 0 aromatic carbocycles. The molecule has 0 radical (unpaired) electrons. The van der Waals surface area contributed by atoms with Crippen molar-refractivity contribution in [2.45, 2.75) is 13.8 Å². The SMILES string of the molecule is CC(=O)OB(CP)OC(C)=O. The zero-order valence-corrected chi connectivity index (χ0v) is 7.65. The van der Waals surface area contributed by atoms with Crippen molar-refractivity contribution in [3.63, 3.8) is 0 Å². The van der Waals surface area contributed by atoms with Crippen LogP contribution >= 0.6 is 9.24 Å². The lowest BCUT2D eigenvalue weighted by molar-refractivity contribution is -0.137. The van der Waals surface area contributed by atoms with Gasteiger partial charge in [0, 0.05) is 19.9 Å². The number of carbonyl (C=O) groups is 2. The molecule has 0 spiro atoms. The van der Waals surface area contributed by atoms with Gasteiger partial charge in [0.2, 0.25) is 0 Å². The number of carbonyl (C=O) groups excluding carboxylic acids is 2. The Kier molecular flexibility index (Phi) is 4.87. The summed E-state index contributed by atoms with van der Waals surface area (Å²) in [5.74, 6) is -0.919.